The summed E-state index contributed by atoms with van der Waals surface area (Å²) in [5.41, 5.74) is 2.21. The van der Waals surface area contributed by atoms with Crippen molar-refractivity contribution in [3.63, 3.8) is 0 Å². The molecule has 2 aliphatic rings. The number of rotatable bonds is 1. The van der Waals surface area contributed by atoms with E-state index >= 15 is 0 Å². The van der Waals surface area contributed by atoms with Gasteiger partial charge in [-0.3, -0.25) is 9.79 Å². The van der Waals surface area contributed by atoms with Crippen molar-refractivity contribution in [1.29, 1.82) is 0 Å². The van der Waals surface area contributed by atoms with Gasteiger partial charge in [0.25, 0.3) is 5.91 Å². The summed E-state index contributed by atoms with van der Waals surface area (Å²) >= 11 is 0. The molecule has 17 heavy (non-hydrogen) atoms. The van der Waals surface area contributed by atoms with Gasteiger partial charge in [-0.1, -0.05) is 19.1 Å². The molecule has 1 unspecified atom stereocenters. The predicted octanol–water partition coefficient (Wildman–Crippen LogP) is 0.846. The molecule has 0 radical (unpaired) electrons. The van der Waals surface area contributed by atoms with E-state index in [1.807, 2.05) is 18.2 Å². The lowest BCUT2D eigenvalue weighted by Crippen LogP contribution is -2.30. The predicted molar refractivity (Wildman–Crippen MR) is 66.5 cm³/mol. The van der Waals surface area contributed by atoms with Crippen LogP contribution in [0.3, 0.4) is 0 Å². The van der Waals surface area contributed by atoms with E-state index in [4.69, 9.17) is 0 Å². The first kappa shape index (κ1) is 10.4. The molecule has 0 saturated carbocycles. The maximum atomic E-state index is 11.3. The van der Waals surface area contributed by atoms with Crippen LogP contribution in [0.5, 0.6) is 0 Å². The van der Waals surface area contributed by atoms with Crippen LogP contribution in [0.4, 0.5) is 0 Å². The summed E-state index contributed by atoms with van der Waals surface area (Å²) in [5.74, 6) is 0.517. The first-order valence-corrected chi connectivity index (χ1v) is 6.01. The van der Waals surface area contributed by atoms with E-state index in [2.05, 4.69) is 16.9 Å². The van der Waals surface area contributed by atoms with E-state index in [9.17, 15) is 4.79 Å². The summed E-state index contributed by atoms with van der Waals surface area (Å²) in [6.45, 7) is 3.12. The van der Waals surface area contributed by atoms with Crippen LogP contribution in [0.25, 0.3) is 6.08 Å². The lowest BCUT2D eigenvalue weighted by Gasteiger charge is -2.17. The van der Waals surface area contributed by atoms with Gasteiger partial charge >= 0.3 is 0 Å². The zero-order valence-electron chi connectivity index (χ0n) is 9.81. The van der Waals surface area contributed by atoms with Gasteiger partial charge in [0, 0.05) is 29.1 Å². The minimum Gasteiger partial charge on any atom is -0.289 e. The van der Waals surface area contributed by atoms with Crippen molar-refractivity contribution < 1.29 is 4.79 Å². The summed E-state index contributed by atoms with van der Waals surface area (Å²) in [5, 5.41) is 1.74. The quantitative estimate of drug-likeness (QED) is 0.700. The van der Waals surface area contributed by atoms with Crippen LogP contribution in [-0.4, -0.2) is 18.2 Å². The summed E-state index contributed by atoms with van der Waals surface area (Å²) in [4.78, 5) is 19.9. The highest BCUT2D eigenvalue weighted by molar-refractivity contribution is 6.09. The fourth-order valence-corrected chi connectivity index (χ4v) is 2.37. The first-order valence-electron chi connectivity index (χ1n) is 6.01. The second-order valence-corrected chi connectivity index (χ2v) is 4.76. The maximum Gasteiger partial charge on any atom is 0.270 e. The normalized spacial score (nSPS) is 22.5. The van der Waals surface area contributed by atoms with Crippen LogP contribution < -0.4 is 10.6 Å². The first-order chi connectivity index (χ1) is 8.24. The van der Waals surface area contributed by atoms with E-state index in [1.54, 1.807) is 6.08 Å². The van der Waals surface area contributed by atoms with Crippen LogP contribution in [0.15, 0.2) is 28.2 Å². The van der Waals surface area contributed by atoms with Gasteiger partial charge in [-0.05, 0) is 24.8 Å². The number of carbonyl (C=O) groups is 1. The topological polar surface area (TPSA) is 41.8 Å². The third kappa shape index (κ3) is 1.82. The second-order valence-electron chi connectivity index (χ2n) is 4.76. The molecular formula is C14H14N2O. The van der Waals surface area contributed by atoms with Gasteiger partial charge in [0.15, 0.2) is 0 Å². The summed E-state index contributed by atoms with van der Waals surface area (Å²) in [6.07, 6.45) is 3.79. The highest BCUT2D eigenvalue weighted by Gasteiger charge is 2.16. The molecule has 0 bridgehead atoms. The number of amides is 1. The number of hydrogen-bond donors (Lipinski definition) is 0. The van der Waals surface area contributed by atoms with E-state index in [0.29, 0.717) is 5.92 Å². The Morgan fingerprint density at radius 3 is 3.00 bits per heavy atom. The van der Waals surface area contributed by atoms with Gasteiger partial charge in [-0.25, -0.2) is 4.99 Å². The van der Waals surface area contributed by atoms with Gasteiger partial charge in [0.2, 0.25) is 0 Å². The van der Waals surface area contributed by atoms with Gasteiger partial charge in [0.05, 0.1) is 5.36 Å². The van der Waals surface area contributed by atoms with Crippen LogP contribution in [-0.2, 0) is 4.79 Å². The molecule has 0 saturated heterocycles. The Bertz CT molecular complexity index is 628. The molecule has 3 nitrogen and oxygen atoms in total. The van der Waals surface area contributed by atoms with Crippen molar-refractivity contribution in [2.75, 3.05) is 6.54 Å². The minimum atomic E-state index is -0.155. The maximum absolute atomic E-state index is 11.3. The van der Waals surface area contributed by atoms with Crippen LogP contribution >= 0.6 is 0 Å². The molecule has 2 heterocycles. The summed E-state index contributed by atoms with van der Waals surface area (Å²) in [6, 6.07) is 5.87. The van der Waals surface area contributed by atoms with Crippen molar-refractivity contribution in [1.82, 2.24) is 0 Å². The fraction of sp³-hybridized carbons (Fsp3) is 0.357. The van der Waals surface area contributed by atoms with E-state index < -0.39 is 0 Å². The van der Waals surface area contributed by atoms with Crippen molar-refractivity contribution in [2.45, 2.75) is 19.8 Å². The van der Waals surface area contributed by atoms with Gasteiger partial charge in [-0.2, -0.15) is 0 Å². The molecular weight excluding hydrogens is 212 g/mol. The smallest absolute Gasteiger partial charge is 0.270 e. The van der Waals surface area contributed by atoms with E-state index in [-0.39, 0.29) is 5.91 Å². The highest BCUT2D eigenvalue weighted by atomic mass is 16.1. The van der Waals surface area contributed by atoms with Crippen LogP contribution in [0.1, 0.15) is 25.3 Å². The molecule has 1 amide bonds. The Morgan fingerprint density at radius 2 is 2.24 bits per heavy atom. The second kappa shape index (κ2) is 3.91. The molecule has 0 aromatic heterocycles. The molecule has 0 fully saturated rings. The third-order valence-electron chi connectivity index (χ3n) is 3.36. The monoisotopic (exact) mass is 226 g/mol. The Labute approximate surface area is 99.6 Å². The molecule has 86 valence electrons. The van der Waals surface area contributed by atoms with E-state index in [1.165, 1.54) is 6.42 Å². The number of fused-ring (bicyclic) bond motifs is 1. The van der Waals surface area contributed by atoms with Crippen LogP contribution in [0.2, 0.25) is 0 Å². The molecule has 3 rings (SSSR count). The SMILES string of the molecule is CC1CCC(c2cccc3c2=CC(=O)N=3)=NC1. The Morgan fingerprint density at radius 1 is 1.35 bits per heavy atom. The summed E-state index contributed by atoms with van der Waals surface area (Å²) in [7, 11) is 0. The Balaban J connectivity index is 2.13. The zero-order valence-corrected chi connectivity index (χ0v) is 9.81. The van der Waals surface area contributed by atoms with Gasteiger partial charge < -0.3 is 0 Å². The fourth-order valence-electron chi connectivity index (χ4n) is 2.37. The third-order valence-corrected chi connectivity index (χ3v) is 3.36. The van der Waals surface area contributed by atoms with Crippen molar-refractivity contribution in [2.24, 2.45) is 15.9 Å². The van der Waals surface area contributed by atoms with Gasteiger partial charge in [-0.15, -0.1) is 0 Å². The van der Waals surface area contributed by atoms with Crippen molar-refractivity contribution in [3.05, 3.63) is 34.3 Å². The molecule has 0 spiro atoms. The largest absolute Gasteiger partial charge is 0.289 e. The highest BCUT2D eigenvalue weighted by Crippen LogP contribution is 2.15. The number of carbonyl (C=O) groups excluding carboxylic acids is 1. The lowest BCUT2D eigenvalue weighted by molar-refractivity contribution is -0.112. The number of hydrogen-bond acceptors (Lipinski definition) is 2. The van der Waals surface area contributed by atoms with Crippen molar-refractivity contribution in [3.8, 4) is 0 Å². The standard InChI is InChI=1S/C14H14N2O/c1-9-5-6-12(15-8-9)10-3-2-4-13-11(10)7-14(17)16-13/h2-4,7,9H,5-6,8H2,1H3. The lowest BCUT2D eigenvalue weighted by atomic mass is 9.95. The number of nitrogens with zero attached hydrogens (tertiary/aromatic N) is 2. The molecule has 2 aliphatic heterocycles. The van der Waals surface area contributed by atoms with Crippen molar-refractivity contribution >= 4 is 17.7 Å². The minimum absolute atomic E-state index is 0.155. The summed E-state index contributed by atoms with van der Waals surface area (Å²) < 4.78 is 0. The Hall–Kier alpha value is -1.77. The number of aliphatic imine (C=N–C) groups is 1. The molecule has 0 aliphatic carbocycles. The molecule has 1 aromatic carbocycles. The average molecular weight is 226 g/mol. The Kier molecular flexibility index (Phi) is 2.39. The molecule has 1 aromatic rings. The van der Waals surface area contributed by atoms with E-state index in [0.717, 1.165) is 34.8 Å². The molecule has 3 heteroatoms. The van der Waals surface area contributed by atoms with Crippen LogP contribution in [0, 0.1) is 5.92 Å². The molecule has 1 atom stereocenters. The molecule has 0 N–H and O–H groups in total. The average Bonchev–Trinajstić information content (AvgIpc) is 2.70. The zero-order chi connectivity index (χ0) is 11.8. The van der Waals surface area contributed by atoms with Gasteiger partial charge in [0.1, 0.15) is 0 Å². The number of benzene rings is 1.